The molecule has 0 aliphatic heterocycles. The van der Waals surface area contributed by atoms with Gasteiger partial charge in [0.15, 0.2) is 0 Å². The number of rotatable bonds is 11. The number of aromatic nitrogens is 12. The van der Waals surface area contributed by atoms with Gasteiger partial charge in [-0.05, 0) is 128 Å². The van der Waals surface area contributed by atoms with E-state index in [1.807, 2.05) is 160 Å². The summed E-state index contributed by atoms with van der Waals surface area (Å²) in [7, 11) is 0. The summed E-state index contributed by atoms with van der Waals surface area (Å²) in [5.41, 5.74) is 27.0. The lowest BCUT2D eigenvalue weighted by atomic mass is 9.99. The Bertz CT molecular complexity index is 7870. The number of hydrogen-bond acceptors (Lipinski definition) is 11. The molecule has 0 aliphatic rings. The van der Waals surface area contributed by atoms with E-state index in [1.165, 1.54) is 51.9 Å². The zero-order valence-electron chi connectivity index (χ0n) is 65.4. The van der Waals surface area contributed by atoms with Gasteiger partial charge in [-0.25, -0.2) is 19.9 Å². The lowest BCUT2D eigenvalue weighted by molar-refractivity contribution is -0.385. The summed E-state index contributed by atoms with van der Waals surface area (Å²) in [6.07, 6.45) is -4.42. The first-order chi connectivity index (χ1) is 59.2. The van der Waals surface area contributed by atoms with Crippen molar-refractivity contribution in [1.29, 1.82) is 0 Å². The average Bonchev–Trinajstić information content (AvgIpc) is 1.56. The van der Waals surface area contributed by atoms with E-state index >= 15 is 0 Å². The first kappa shape index (κ1) is 75.5. The lowest BCUT2D eigenvalue weighted by Crippen LogP contribution is -2.04. The summed E-state index contributed by atoms with van der Waals surface area (Å²) in [6.45, 7) is 8.05. The van der Waals surface area contributed by atoms with Crippen LogP contribution in [0.3, 0.4) is 0 Å². The number of nitro groups is 3. The van der Waals surface area contributed by atoms with E-state index in [0.29, 0.717) is 51.1 Å². The van der Waals surface area contributed by atoms with Crippen LogP contribution in [0.1, 0.15) is 28.3 Å². The Labute approximate surface area is 689 Å². The van der Waals surface area contributed by atoms with Crippen LogP contribution in [0.5, 0.6) is 0 Å². The Morgan fingerprint density at radius 2 is 0.623 bits per heavy atom. The molecule has 25 heteroatoms. The maximum absolute atomic E-state index is 13.3. The number of nitrogens with one attached hydrogen (secondary N) is 8. The van der Waals surface area contributed by atoms with Crippen LogP contribution in [0, 0.1) is 58.0 Å². The zero-order valence-corrected chi connectivity index (χ0v) is 65.4. The Morgan fingerprint density at radius 1 is 0.295 bits per heavy atom. The van der Waals surface area contributed by atoms with Crippen LogP contribution in [0.15, 0.2) is 285 Å². The maximum atomic E-state index is 13.3. The van der Waals surface area contributed by atoms with Crippen LogP contribution in [0.25, 0.3) is 199 Å². The molecule has 0 atom stereocenters. The molecular formula is C97H69F3N16O6. The number of hydrogen-bond donors (Lipinski definition) is 9. The Morgan fingerprint density at radius 3 is 1.04 bits per heavy atom. The fraction of sp³-hybridized carbons (Fsp3) is 0.0515. The Hall–Kier alpha value is -16.6. The molecule has 14 aromatic carbocycles. The molecule has 22 aromatic rings. The van der Waals surface area contributed by atoms with Crippen LogP contribution in [0.4, 0.5) is 35.9 Å². The summed E-state index contributed by atoms with van der Waals surface area (Å²) in [4.78, 5) is 79.4. The Kier molecular flexibility index (Phi) is 18.7. The second kappa shape index (κ2) is 30.2. The number of aromatic amines is 8. The molecule has 0 fully saturated rings. The van der Waals surface area contributed by atoms with Crippen molar-refractivity contribution in [3.8, 4) is 90.6 Å². The molecule has 0 spiro atoms. The number of nitrogens with zero attached hydrogens (tertiary/aromatic N) is 7. The number of para-hydroxylation sites is 4. The normalized spacial score (nSPS) is 11.6. The van der Waals surface area contributed by atoms with Gasteiger partial charge in [0, 0.05) is 175 Å². The van der Waals surface area contributed by atoms with Crippen LogP contribution in [-0.4, -0.2) is 74.6 Å². The summed E-state index contributed by atoms with van der Waals surface area (Å²) >= 11 is 0. The van der Waals surface area contributed by atoms with Crippen molar-refractivity contribution in [2.45, 2.75) is 33.9 Å². The van der Waals surface area contributed by atoms with E-state index in [-0.39, 0.29) is 22.0 Å². The number of imidazole rings is 4. The lowest BCUT2D eigenvalue weighted by Gasteiger charge is -2.08. The maximum Gasteiger partial charge on any atom is 0.416 e. The number of benzene rings is 14. The smallest absolute Gasteiger partial charge is 0.399 e. The highest BCUT2D eigenvalue weighted by atomic mass is 19.4. The van der Waals surface area contributed by atoms with E-state index in [4.69, 9.17) is 25.7 Å². The number of aryl methyl sites for hydroxylation is 4. The quantitative estimate of drug-likeness (QED) is 0.0254. The number of nitrogens with two attached hydrogens (primary N) is 1. The van der Waals surface area contributed by atoms with E-state index < -0.39 is 21.6 Å². The standard InChI is InChI=1S/C25H18F3N3.C24H17N5O4.C24H16N4O2.C24H18N4/c1-15-21(19-12-5-6-13-20(19)29-15)24-30-22(16-8-3-2-4-9-16)23(31-24)17-10-7-11-18(14-17)25(26,27)28;1-14-21(19-4-2-3-5-20(19)25-14)24-26-22(15-6-10-17(11-7-15)28(30)31)23(27-24)16-8-12-18(13-9-16)29(32)33;1-13-21(18-8-4-5-9-20(18)25-13)24-26-22-17-7-3-2-6-15(17)16-11-10-14(28(29)30)12-19(16)23(22)27-24;1-13-21(18-8-4-5-9-20(18)26-13)24-27-22-17-7-3-2-6-15(17)16-11-10-14(25)12-19(16)23(22)28-24/h2-14,29H,1H3,(H,30,31);2-13,25H,1H3,(H,26,27);2-12,25H,1H3,(H,26,27);2-12,26H,25H2,1H3,(H,27,28). The molecular weight excluding hydrogens is 1540 g/mol. The fourth-order valence-electron chi connectivity index (χ4n) is 16.8. The van der Waals surface area contributed by atoms with Crippen molar-refractivity contribution in [3.63, 3.8) is 0 Å². The van der Waals surface area contributed by atoms with Crippen molar-refractivity contribution in [2.24, 2.45) is 0 Å². The van der Waals surface area contributed by atoms with Gasteiger partial charge in [-0.3, -0.25) is 30.3 Å². The number of halogens is 3. The van der Waals surface area contributed by atoms with Gasteiger partial charge >= 0.3 is 6.18 Å². The van der Waals surface area contributed by atoms with Crippen molar-refractivity contribution in [2.75, 3.05) is 5.73 Å². The van der Waals surface area contributed by atoms with Gasteiger partial charge in [0.25, 0.3) is 17.1 Å². The molecule has 122 heavy (non-hydrogen) atoms. The number of nitro benzene ring substituents is 3. The monoisotopic (exact) mass is 1610 g/mol. The highest BCUT2D eigenvalue weighted by molar-refractivity contribution is 6.26. The Balaban J connectivity index is 0.000000107. The van der Waals surface area contributed by atoms with E-state index in [9.17, 15) is 43.5 Å². The molecule has 0 amide bonds. The predicted octanol–water partition coefficient (Wildman–Crippen LogP) is 25.4. The highest BCUT2D eigenvalue weighted by Gasteiger charge is 2.32. The third kappa shape index (κ3) is 13.5. The SMILES string of the molecule is Cc1[nH]c2ccccc2c1-c1nc(-c2ccc([N+](=O)[O-])cc2)c(-c2ccc([N+](=O)[O-])cc2)[nH]1.Cc1[nH]c2ccccc2c1-c1nc(-c2cccc(C(F)(F)F)c2)c(-c2ccccc2)[nH]1.Cc1[nH]c2ccccc2c1-c1nc2c3cc(N)ccc3c3ccccc3c2[nH]1.Cc1[nH]c2ccccc2c1-c1nc2c3cc([N+](=O)[O-])ccc3c3ccccc3c2[nH]1. The highest BCUT2D eigenvalue weighted by Crippen LogP contribution is 2.45. The molecule has 22 rings (SSSR count). The molecule has 8 aromatic heterocycles. The minimum atomic E-state index is -4.42. The first-order valence-electron chi connectivity index (χ1n) is 39.0. The zero-order chi connectivity index (χ0) is 83.9. The third-order valence-electron chi connectivity index (χ3n) is 22.3. The van der Waals surface area contributed by atoms with Gasteiger partial charge in [-0.1, -0.05) is 170 Å². The summed E-state index contributed by atoms with van der Waals surface area (Å²) in [5.74, 6) is 2.88. The van der Waals surface area contributed by atoms with Gasteiger partial charge in [0.05, 0.1) is 65.2 Å². The van der Waals surface area contributed by atoms with Crippen LogP contribution >= 0.6 is 0 Å². The molecule has 0 saturated carbocycles. The minimum absolute atomic E-state index is 0.0113. The van der Waals surface area contributed by atoms with Crippen molar-refractivity contribution >= 4 is 132 Å². The van der Waals surface area contributed by atoms with Gasteiger partial charge in [0.1, 0.15) is 23.3 Å². The average molecular weight is 1610 g/mol. The summed E-state index contributed by atoms with van der Waals surface area (Å²) in [6, 6.07) is 87.0. The number of anilines is 1. The number of nitrogen functional groups attached to an aromatic ring is 1. The first-order valence-corrected chi connectivity index (χ1v) is 39.0. The summed E-state index contributed by atoms with van der Waals surface area (Å²) in [5, 5.41) is 46.3. The number of fused-ring (bicyclic) bond motifs is 16. The third-order valence-corrected chi connectivity index (χ3v) is 22.3. The molecule has 0 bridgehead atoms. The van der Waals surface area contributed by atoms with Crippen LogP contribution in [-0.2, 0) is 6.18 Å². The van der Waals surface area contributed by atoms with Crippen molar-refractivity contribution < 1.29 is 27.9 Å². The van der Waals surface area contributed by atoms with Gasteiger partial charge in [-0.15, -0.1) is 0 Å². The fourth-order valence-corrected chi connectivity index (χ4v) is 16.8. The minimum Gasteiger partial charge on any atom is -0.399 e. The molecule has 22 nitrogen and oxygen atoms in total. The molecule has 594 valence electrons. The number of alkyl halides is 3. The second-order valence-electron chi connectivity index (χ2n) is 29.9. The van der Waals surface area contributed by atoms with Crippen molar-refractivity contribution in [3.05, 3.63) is 344 Å². The molecule has 0 radical (unpaired) electrons. The second-order valence-corrected chi connectivity index (χ2v) is 29.9. The van der Waals surface area contributed by atoms with Crippen LogP contribution < -0.4 is 5.73 Å². The van der Waals surface area contributed by atoms with Gasteiger partial charge < -0.3 is 45.6 Å². The predicted molar refractivity (Wildman–Crippen MR) is 479 cm³/mol. The molecule has 10 N–H and O–H groups in total. The van der Waals surface area contributed by atoms with Gasteiger partial charge in [0.2, 0.25) is 0 Å². The number of H-pyrrole nitrogens is 8. The molecule has 0 aliphatic carbocycles. The van der Waals surface area contributed by atoms with Crippen molar-refractivity contribution in [1.82, 2.24) is 59.8 Å². The van der Waals surface area contributed by atoms with Crippen LogP contribution in [0.2, 0.25) is 0 Å². The van der Waals surface area contributed by atoms with E-state index in [0.717, 1.165) is 167 Å². The molecule has 0 saturated heterocycles. The summed E-state index contributed by atoms with van der Waals surface area (Å²) < 4.78 is 40.0. The largest absolute Gasteiger partial charge is 0.416 e. The van der Waals surface area contributed by atoms with E-state index in [2.05, 4.69) is 107 Å². The molecule has 0 unspecified atom stereocenters. The number of non-ortho nitro benzene ring substituents is 3. The molecule has 8 heterocycles. The topological polar surface area (TPSA) is 333 Å². The van der Waals surface area contributed by atoms with Gasteiger partial charge in [-0.2, -0.15) is 13.2 Å². The van der Waals surface area contributed by atoms with E-state index in [1.54, 1.807) is 42.5 Å².